The lowest BCUT2D eigenvalue weighted by Crippen LogP contribution is -1.96. The average Bonchev–Trinajstić information content (AvgIpc) is 3.38. The van der Waals surface area contributed by atoms with Crippen LogP contribution in [0.5, 0.6) is 0 Å². The number of rotatable bonds is 7. The molecule has 10 rings (SSSR count). The van der Waals surface area contributed by atoms with E-state index in [1.54, 1.807) is 6.08 Å². The number of hydrogen-bond acceptors (Lipinski definition) is 5. The van der Waals surface area contributed by atoms with Gasteiger partial charge in [-0.2, -0.15) is 5.26 Å². The molecule has 10 aromatic rings. The highest BCUT2D eigenvalue weighted by Crippen LogP contribution is 2.34. The number of aromatic nitrogens is 4. The predicted molar refractivity (Wildman–Crippen MR) is 270 cm³/mol. The van der Waals surface area contributed by atoms with Crippen molar-refractivity contribution in [2.24, 2.45) is 0 Å². The van der Waals surface area contributed by atoms with E-state index in [1.807, 2.05) is 91.9 Å². The number of para-hydroxylation sites is 2. The van der Waals surface area contributed by atoms with Gasteiger partial charge in [-0.1, -0.05) is 188 Å². The maximum Gasteiger partial charge on any atom is 0.160 e. The molecule has 0 saturated carbocycles. The first-order valence-electron chi connectivity index (χ1n) is 21.6. The lowest BCUT2D eigenvalue weighted by atomic mass is 9.97. The van der Waals surface area contributed by atoms with Crippen LogP contribution in [-0.2, 0) is 0 Å². The lowest BCUT2D eigenvalue weighted by molar-refractivity contribution is 1.18. The average molecular weight is 838 g/mol. The second-order valence-electron chi connectivity index (χ2n) is 15.5. The Morgan fingerprint density at radius 1 is 0.385 bits per heavy atom. The smallest absolute Gasteiger partial charge is 0.160 e. The zero-order chi connectivity index (χ0) is 45.0. The maximum atomic E-state index is 9.31. The van der Waals surface area contributed by atoms with Gasteiger partial charge in [0.05, 0.1) is 45.4 Å². The fourth-order valence-corrected chi connectivity index (χ4v) is 7.35. The van der Waals surface area contributed by atoms with Crippen molar-refractivity contribution >= 4 is 11.0 Å². The fraction of sp³-hybridized carbons (Fsp3) is 0.0500. The molecule has 2 aromatic heterocycles. The zero-order valence-corrected chi connectivity index (χ0v) is 36.7. The Balaban J connectivity index is 0.000000465. The summed E-state index contributed by atoms with van der Waals surface area (Å²) in [5.74, 6) is 0.694. The fourth-order valence-electron chi connectivity index (χ4n) is 7.35. The van der Waals surface area contributed by atoms with Crippen LogP contribution in [0.3, 0.4) is 0 Å². The molecule has 0 aliphatic heterocycles. The van der Waals surface area contributed by atoms with E-state index in [2.05, 4.69) is 154 Å². The van der Waals surface area contributed by atoms with Gasteiger partial charge < -0.3 is 0 Å². The quantitative estimate of drug-likeness (QED) is 0.149. The molecule has 5 nitrogen and oxygen atoms in total. The SMILES string of the molecule is C=CC.Cc1ccccc1C.N#Cc1ccc(-c2nc3ccccc3nc2-c2ccc(-c3ccc(-c4ccc(-c5nc(-c6ccccc6)cc(-c6ccccc6)n5)cc4)cc3)cc2)cc1. The van der Waals surface area contributed by atoms with Crippen molar-refractivity contribution in [2.45, 2.75) is 20.8 Å². The summed E-state index contributed by atoms with van der Waals surface area (Å²) in [5, 5.41) is 9.31. The van der Waals surface area contributed by atoms with Gasteiger partial charge >= 0.3 is 0 Å². The van der Waals surface area contributed by atoms with E-state index < -0.39 is 0 Å². The van der Waals surface area contributed by atoms with Gasteiger partial charge in [0.1, 0.15) is 0 Å². The summed E-state index contributed by atoms with van der Waals surface area (Å²) >= 11 is 0. The van der Waals surface area contributed by atoms with Gasteiger partial charge in [0, 0.05) is 27.8 Å². The number of nitriles is 1. The largest absolute Gasteiger partial charge is 0.244 e. The molecule has 0 unspecified atom stereocenters. The van der Waals surface area contributed by atoms with Crippen LogP contribution in [0.2, 0.25) is 0 Å². The van der Waals surface area contributed by atoms with E-state index in [1.165, 1.54) is 11.1 Å². The van der Waals surface area contributed by atoms with Crippen molar-refractivity contribution in [3.8, 4) is 84.7 Å². The van der Waals surface area contributed by atoms with Crippen LogP contribution in [0.25, 0.3) is 89.7 Å². The molecular weight excluding hydrogens is 791 g/mol. The molecule has 0 fully saturated rings. The minimum Gasteiger partial charge on any atom is -0.244 e. The summed E-state index contributed by atoms with van der Waals surface area (Å²) in [7, 11) is 0. The van der Waals surface area contributed by atoms with Crippen molar-refractivity contribution in [3.05, 3.63) is 242 Å². The Morgan fingerprint density at radius 2 is 0.708 bits per heavy atom. The van der Waals surface area contributed by atoms with Crippen LogP contribution in [0.1, 0.15) is 23.6 Å². The topological polar surface area (TPSA) is 75.3 Å². The summed E-state index contributed by atoms with van der Waals surface area (Å²) in [6.45, 7) is 9.49. The molecule has 65 heavy (non-hydrogen) atoms. The molecule has 0 saturated heterocycles. The molecule has 2 heterocycles. The van der Waals surface area contributed by atoms with Crippen LogP contribution in [-0.4, -0.2) is 19.9 Å². The monoisotopic (exact) mass is 837 g/mol. The normalized spacial score (nSPS) is 10.4. The molecule has 5 heteroatoms. The van der Waals surface area contributed by atoms with Gasteiger partial charge in [0.2, 0.25) is 0 Å². The highest BCUT2D eigenvalue weighted by atomic mass is 14.9. The van der Waals surface area contributed by atoms with Crippen LogP contribution in [0, 0.1) is 25.2 Å². The number of aryl methyl sites for hydroxylation is 2. The van der Waals surface area contributed by atoms with Crippen LogP contribution in [0.4, 0.5) is 0 Å². The lowest BCUT2D eigenvalue weighted by Gasteiger charge is -2.12. The maximum absolute atomic E-state index is 9.31. The molecule has 0 aliphatic carbocycles. The van der Waals surface area contributed by atoms with Gasteiger partial charge in [0.15, 0.2) is 5.82 Å². The second-order valence-corrected chi connectivity index (χ2v) is 15.5. The Kier molecular flexibility index (Phi) is 13.6. The highest BCUT2D eigenvalue weighted by molar-refractivity contribution is 5.87. The van der Waals surface area contributed by atoms with Crippen molar-refractivity contribution in [3.63, 3.8) is 0 Å². The molecule has 0 spiro atoms. The second kappa shape index (κ2) is 20.5. The van der Waals surface area contributed by atoms with E-state index in [9.17, 15) is 5.26 Å². The number of nitrogens with zero attached hydrogens (tertiary/aromatic N) is 5. The van der Waals surface area contributed by atoms with E-state index >= 15 is 0 Å². The molecule has 8 aromatic carbocycles. The summed E-state index contributed by atoms with van der Waals surface area (Å²) < 4.78 is 0. The predicted octanol–water partition coefficient (Wildman–Crippen LogP) is 15.5. The molecule has 312 valence electrons. The molecule has 0 atom stereocenters. The third-order valence-corrected chi connectivity index (χ3v) is 11.0. The minimum atomic E-state index is 0.610. The number of hydrogen-bond donors (Lipinski definition) is 0. The molecule has 0 amide bonds. The molecule has 0 aliphatic rings. The standard InChI is InChI=1S/C49H31N5.C8H10.C3H6/c50-32-33-15-17-40(18-16-33)47-48(52-44-14-8-7-13-43(44)51-47)41-27-23-36(24-28-41)34-19-21-35(22-20-34)37-25-29-42(30-26-37)49-53-45(38-9-3-1-4-10-38)31-46(54-49)39-11-5-2-6-12-39;1-7-5-3-4-6-8(7)2;1-3-2/h1-31H;3-6H,1-2H3;3H,1H2,2H3. The van der Waals surface area contributed by atoms with E-state index in [0.717, 1.165) is 83.9 Å². The Bertz CT molecular complexity index is 3130. The van der Waals surface area contributed by atoms with Crippen LogP contribution < -0.4 is 0 Å². The summed E-state index contributed by atoms with van der Waals surface area (Å²) in [6, 6.07) is 74.1. The number of allylic oxidation sites excluding steroid dienone is 1. The van der Waals surface area contributed by atoms with E-state index in [4.69, 9.17) is 19.9 Å². The van der Waals surface area contributed by atoms with Crippen LogP contribution >= 0.6 is 0 Å². The Hall–Kier alpha value is -8.59. The van der Waals surface area contributed by atoms with Gasteiger partial charge in [-0.15, -0.1) is 6.58 Å². The summed E-state index contributed by atoms with van der Waals surface area (Å²) in [5.41, 5.74) is 17.8. The minimum absolute atomic E-state index is 0.610. The number of fused-ring (bicyclic) bond motifs is 1. The van der Waals surface area contributed by atoms with Gasteiger partial charge in [-0.05, 0) is 84.5 Å². The van der Waals surface area contributed by atoms with E-state index in [-0.39, 0.29) is 0 Å². The number of benzene rings is 8. The van der Waals surface area contributed by atoms with Crippen molar-refractivity contribution in [1.29, 1.82) is 5.26 Å². The molecule has 0 N–H and O–H groups in total. The van der Waals surface area contributed by atoms with Crippen molar-refractivity contribution in [1.82, 2.24) is 19.9 Å². The Morgan fingerprint density at radius 3 is 1.08 bits per heavy atom. The van der Waals surface area contributed by atoms with Gasteiger partial charge in [0.25, 0.3) is 0 Å². The van der Waals surface area contributed by atoms with E-state index in [0.29, 0.717) is 11.4 Å². The molecule has 0 bridgehead atoms. The van der Waals surface area contributed by atoms with Gasteiger partial charge in [-0.3, -0.25) is 0 Å². The zero-order valence-electron chi connectivity index (χ0n) is 36.7. The van der Waals surface area contributed by atoms with Crippen LogP contribution in [0.15, 0.2) is 225 Å². The third-order valence-electron chi connectivity index (χ3n) is 11.0. The first-order valence-corrected chi connectivity index (χ1v) is 21.6. The van der Waals surface area contributed by atoms with Crippen molar-refractivity contribution < 1.29 is 0 Å². The molecule has 0 radical (unpaired) electrons. The summed E-state index contributed by atoms with van der Waals surface area (Å²) in [6.07, 6.45) is 1.75. The van der Waals surface area contributed by atoms with Crippen molar-refractivity contribution in [2.75, 3.05) is 0 Å². The van der Waals surface area contributed by atoms with Gasteiger partial charge in [-0.25, -0.2) is 19.9 Å². The third kappa shape index (κ3) is 10.4. The molecular formula is C60H47N5. The summed E-state index contributed by atoms with van der Waals surface area (Å²) in [4.78, 5) is 20.0. The first-order chi connectivity index (χ1) is 31.9. The Labute approximate surface area is 381 Å². The first kappa shape index (κ1) is 43.1. The highest BCUT2D eigenvalue weighted by Gasteiger charge is 2.15.